The zero-order valence-electron chi connectivity index (χ0n) is 20.6. The number of rotatable bonds is 2. The van der Waals surface area contributed by atoms with E-state index < -0.39 is 5.72 Å². The number of ether oxygens (including phenoxy) is 1. The summed E-state index contributed by atoms with van der Waals surface area (Å²) in [6, 6.07) is 13.5. The Morgan fingerprint density at radius 2 is 1.79 bits per heavy atom. The fraction of sp³-hybridized carbons (Fsp3) is 0.552. The maximum Gasteiger partial charge on any atom is 0.165 e. The van der Waals surface area contributed by atoms with Gasteiger partial charge in [-0.15, -0.1) is 11.3 Å². The van der Waals surface area contributed by atoms with Crippen molar-refractivity contribution >= 4 is 27.2 Å². The van der Waals surface area contributed by atoms with Crippen molar-refractivity contribution in [1.82, 2.24) is 4.98 Å². The highest BCUT2D eigenvalue weighted by atomic mass is 32.1. The summed E-state index contributed by atoms with van der Waals surface area (Å²) in [7, 11) is 0. The van der Waals surface area contributed by atoms with Gasteiger partial charge in [0.1, 0.15) is 0 Å². The average molecular weight is 461 g/mol. The van der Waals surface area contributed by atoms with Crippen LogP contribution in [0, 0.1) is 11.8 Å². The highest BCUT2D eigenvalue weighted by molar-refractivity contribution is 7.18. The van der Waals surface area contributed by atoms with Crippen LogP contribution in [0.3, 0.4) is 0 Å². The molecule has 3 aromatic rings. The number of anilines is 1. The number of nitrogens with zero attached hydrogens (tertiary/aromatic N) is 2. The van der Waals surface area contributed by atoms with Gasteiger partial charge in [0.2, 0.25) is 0 Å². The van der Waals surface area contributed by atoms with E-state index in [0.29, 0.717) is 5.92 Å². The molecule has 6 rings (SSSR count). The van der Waals surface area contributed by atoms with Gasteiger partial charge >= 0.3 is 0 Å². The van der Waals surface area contributed by atoms with E-state index in [0.717, 1.165) is 30.3 Å². The van der Waals surface area contributed by atoms with Crippen molar-refractivity contribution in [3.63, 3.8) is 0 Å². The fourth-order valence-electron chi connectivity index (χ4n) is 6.69. The summed E-state index contributed by atoms with van der Waals surface area (Å²) in [5.74, 6) is 2.32. The molecule has 0 amide bonds. The highest BCUT2D eigenvalue weighted by Crippen LogP contribution is 2.53. The van der Waals surface area contributed by atoms with E-state index in [2.05, 4.69) is 75.9 Å². The van der Waals surface area contributed by atoms with Crippen molar-refractivity contribution in [1.29, 1.82) is 0 Å². The molecular formula is C29H36N2OS. The first kappa shape index (κ1) is 21.6. The van der Waals surface area contributed by atoms with E-state index in [1.807, 2.05) is 11.3 Å². The monoisotopic (exact) mass is 460 g/mol. The van der Waals surface area contributed by atoms with Crippen molar-refractivity contribution in [3.05, 3.63) is 58.1 Å². The van der Waals surface area contributed by atoms with E-state index in [1.165, 1.54) is 57.8 Å². The van der Waals surface area contributed by atoms with Crippen LogP contribution in [0.2, 0.25) is 0 Å². The summed E-state index contributed by atoms with van der Waals surface area (Å²) >= 11 is 1.93. The second-order valence-corrected chi connectivity index (χ2v) is 12.5. The van der Waals surface area contributed by atoms with Gasteiger partial charge in [0, 0.05) is 29.3 Å². The van der Waals surface area contributed by atoms with E-state index in [1.54, 1.807) is 0 Å². The molecule has 1 aliphatic carbocycles. The van der Waals surface area contributed by atoms with Gasteiger partial charge in [0.25, 0.3) is 0 Å². The first-order valence-corrected chi connectivity index (χ1v) is 13.6. The lowest BCUT2D eigenvalue weighted by molar-refractivity contribution is -0.155. The summed E-state index contributed by atoms with van der Waals surface area (Å²) < 4.78 is 8.25. The predicted octanol–water partition coefficient (Wildman–Crippen LogP) is 7.73. The van der Waals surface area contributed by atoms with Crippen LogP contribution < -0.4 is 4.90 Å². The third-order valence-corrected chi connectivity index (χ3v) is 9.80. The second kappa shape index (κ2) is 7.55. The minimum Gasteiger partial charge on any atom is -0.341 e. The first-order chi connectivity index (χ1) is 15.8. The average Bonchev–Trinajstić information content (AvgIpc) is 3.21. The lowest BCUT2D eigenvalue weighted by Crippen LogP contribution is -2.57. The van der Waals surface area contributed by atoms with E-state index in [-0.39, 0.29) is 5.60 Å². The number of hydrogen-bond acceptors (Lipinski definition) is 4. The van der Waals surface area contributed by atoms with Crippen molar-refractivity contribution in [2.75, 3.05) is 11.4 Å². The summed E-state index contributed by atoms with van der Waals surface area (Å²) in [4.78, 5) is 7.68. The Balaban J connectivity index is 1.40. The van der Waals surface area contributed by atoms with Gasteiger partial charge in [-0.3, -0.25) is 0 Å². The van der Waals surface area contributed by atoms with Gasteiger partial charge in [-0.25, -0.2) is 4.98 Å². The summed E-state index contributed by atoms with van der Waals surface area (Å²) in [6.07, 6.45) is 6.33. The van der Waals surface area contributed by atoms with Gasteiger partial charge in [0.15, 0.2) is 5.72 Å². The van der Waals surface area contributed by atoms with Gasteiger partial charge in [-0.2, -0.15) is 0 Å². The van der Waals surface area contributed by atoms with Crippen LogP contribution >= 0.6 is 11.3 Å². The summed E-state index contributed by atoms with van der Waals surface area (Å²) in [5, 5.41) is 1.35. The SMILES string of the molecule is CC(C)[C@H]1CC[C@H](c2nc3cc4c(cc3s2)N2CCc3ccccc3C2(C)OC4(C)C)CC1. The Morgan fingerprint density at radius 3 is 2.55 bits per heavy atom. The van der Waals surface area contributed by atoms with Crippen LogP contribution in [-0.2, 0) is 22.5 Å². The predicted molar refractivity (Wildman–Crippen MR) is 138 cm³/mol. The van der Waals surface area contributed by atoms with Gasteiger partial charge in [-0.1, -0.05) is 38.1 Å². The first-order valence-electron chi connectivity index (χ1n) is 12.8. The van der Waals surface area contributed by atoms with Crippen molar-refractivity contribution in [2.24, 2.45) is 11.8 Å². The normalized spacial score (nSPS) is 28.5. The molecule has 2 aliphatic heterocycles. The highest BCUT2D eigenvalue weighted by Gasteiger charge is 2.49. The molecule has 1 aromatic heterocycles. The Hall–Kier alpha value is -1.91. The number of hydrogen-bond donors (Lipinski definition) is 0. The number of fused-ring (bicyclic) bond motifs is 6. The molecule has 174 valence electrons. The molecule has 2 aromatic carbocycles. The molecule has 0 radical (unpaired) electrons. The van der Waals surface area contributed by atoms with Gasteiger partial charge < -0.3 is 9.64 Å². The molecule has 1 saturated carbocycles. The topological polar surface area (TPSA) is 25.4 Å². The standard InChI is InChI=1S/C29H36N2OS/c1-18(2)19-10-12-21(13-11-19)27-30-24-16-23-25(17-26(24)33-27)31-15-14-20-8-6-7-9-22(20)29(31,5)32-28(23,3)4/h6-9,16-19,21H,10-15H2,1-5H3/t19-,21-,29?. The zero-order chi connectivity index (χ0) is 23.0. The molecule has 4 heteroatoms. The quantitative estimate of drug-likeness (QED) is 0.391. The van der Waals surface area contributed by atoms with Crippen molar-refractivity contribution < 1.29 is 4.74 Å². The molecule has 3 aliphatic rings. The Labute approximate surface area is 202 Å². The minimum atomic E-state index is -0.443. The minimum absolute atomic E-state index is 0.377. The molecule has 0 bridgehead atoms. The number of benzene rings is 2. The van der Waals surface area contributed by atoms with Crippen LogP contribution in [0.5, 0.6) is 0 Å². The number of thiazole rings is 1. The van der Waals surface area contributed by atoms with E-state index in [4.69, 9.17) is 9.72 Å². The molecule has 0 spiro atoms. The second-order valence-electron chi connectivity index (χ2n) is 11.4. The van der Waals surface area contributed by atoms with E-state index in [9.17, 15) is 0 Å². The molecule has 1 unspecified atom stereocenters. The summed E-state index contributed by atoms with van der Waals surface area (Å²) in [5.41, 5.74) is 5.65. The Morgan fingerprint density at radius 1 is 1.03 bits per heavy atom. The van der Waals surface area contributed by atoms with Crippen molar-refractivity contribution in [3.8, 4) is 0 Å². The maximum absolute atomic E-state index is 6.93. The van der Waals surface area contributed by atoms with E-state index >= 15 is 0 Å². The maximum atomic E-state index is 6.93. The molecule has 1 atom stereocenters. The molecular weight excluding hydrogens is 424 g/mol. The molecule has 3 nitrogen and oxygen atoms in total. The van der Waals surface area contributed by atoms with Crippen LogP contribution in [0.1, 0.15) is 87.9 Å². The largest absolute Gasteiger partial charge is 0.341 e. The molecule has 0 N–H and O–H groups in total. The van der Waals surface area contributed by atoms with Crippen LogP contribution in [-0.4, -0.2) is 11.5 Å². The zero-order valence-corrected chi connectivity index (χ0v) is 21.5. The molecule has 33 heavy (non-hydrogen) atoms. The van der Waals surface area contributed by atoms with Crippen LogP contribution in [0.4, 0.5) is 5.69 Å². The smallest absolute Gasteiger partial charge is 0.165 e. The van der Waals surface area contributed by atoms with Crippen LogP contribution in [0.25, 0.3) is 10.2 Å². The van der Waals surface area contributed by atoms with Gasteiger partial charge in [0.05, 0.1) is 20.8 Å². The Kier molecular flexibility index (Phi) is 4.94. The summed E-state index contributed by atoms with van der Waals surface area (Å²) in [6.45, 7) is 12.4. The third kappa shape index (κ3) is 3.36. The molecule has 0 saturated heterocycles. The lowest BCUT2D eigenvalue weighted by Gasteiger charge is -2.55. The Bertz CT molecular complexity index is 1200. The number of aromatic nitrogens is 1. The van der Waals surface area contributed by atoms with Crippen molar-refractivity contribution in [2.45, 2.75) is 84.0 Å². The molecule has 3 heterocycles. The third-order valence-electron chi connectivity index (χ3n) is 8.62. The van der Waals surface area contributed by atoms with Gasteiger partial charge in [-0.05, 0) is 82.4 Å². The van der Waals surface area contributed by atoms with Crippen LogP contribution in [0.15, 0.2) is 36.4 Å². The fourth-order valence-corrected chi connectivity index (χ4v) is 7.84. The lowest BCUT2D eigenvalue weighted by atomic mass is 9.77. The molecule has 1 fully saturated rings.